The molecule has 1 nitrogen and oxygen atoms in total. The predicted octanol–water partition coefficient (Wildman–Crippen LogP) is 2.99. The number of hydrogen-bond acceptors (Lipinski definition) is 1. The third kappa shape index (κ3) is 1.28. The van der Waals surface area contributed by atoms with Crippen LogP contribution in [0.15, 0.2) is 24.3 Å². The number of fused-ring (bicyclic) bond motifs is 1. The fraction of sp³-hybridized carbons (Fsp3) is 0.182. The third-order valence-corrected chi connectivity index (χ3v) is 2.17. The van der Waals surface area contributed by atoms with E-state index >= 15 is 0 Å². The molecule has 2 rings (SSSR count). The Kier molecular flexibility index (Phi) is 1.76. The van der Waals surface area contributed by atoms with Crippen molar-refractivity contribution in [2.24, 2.45) is 0 Å². The first-order valence-corrected chi connectivity index (χ1v) is 4.21. The normalized spacial score (nSPS) is 10.7. The van der Waals surface area contributed by atoms with Gasteiger partial charge in [0.05, 0.1) is 0 Å². The predicted molar refractivity (Wildman–Crippen MR) is 51.2 cm³/mol. The van der Waals surface area contributed by atoms with Gasteiger partial charge in [-0.3, -0.25) is 4.98 Å². The van der Waals surface area contributed by atoms with E-state index in [1.807, 2.05) is 26.0 Å². The molecule has 0 N–H and O–H groups in total. The van der Waals surface area contributed by atoms with Crippen LogP contribution >= 0.6 is 0 Å². The van der Waals surface area contributed by atoms with E-state index in [9.17, 15) is 4.39 Å². The van der Waals surface area contributed by atoms with Crippen molar-refractivity contribution in [3.63, 3.8) is 0 Å². The molecule has 0 unspecified atom stereocenters. The quantitative estimate of drug-likeness (QED) is 0.599. The molecule has 0 saturated heterocycles. The molecule has 1 aromatic heterocycles. The Morgan fingerprint density at radius 1 is 1.08 bits per heavy atom. The minimum atomic E-state index is -0.246. The van der Waals surface area contributed by atoms with E-state index in [0.717, 1.165) is 16.6 Å². The third-order valence-electron chi connectivity index (χ3n) is 2.17. The molecule has 0 aliphatic carbocycles. The van der Waals surface area contributed by atoms with Crippen LogP contribution < -0.4 is 0 Å². The van der Waals surface area contributed by atoms with Gasteiger partial charge < -0.3 is 0 Å². The highest BCUT2D eigenvalue weighted by molar-refractivity contribution is 5.82. The van der Waals surface area contributed by atoms with Crippen molar-refractivity contribution >= 4 is 10.9 Å². The Labute approximate surface area is 76.2 Å². The summed E-state index contributed by atoms with van der Waals surface area (Å²) in [4.78, 5) is 4.16. The van der Waals surface area contributed by atoms with E-state index in [2.05, 4.69) is 4.98 Å². The molecule has 0 saturated carbocycles. The fourth-order valence-electron chi connectivity index (χ4n) is 1.42. The standard InChI is InChI=1S/C11H10FN/c1-7-3-6-10(12)11-9(7)5-4-8(2)13-11/h3-6H,1-2H3. The van der Waals surface area contributed by atoms with E-state index in [4.69, 9.17) is 0 Å². The summed E-state index contributed by atoms with van der Waals surface area (Å²) in [5, 5.41) is 0.894. The highest BCUT2D eigenvalue weighted by atomic mass is 19.1. The van der Waals surface area contributed by atoms with Crippen molar-refractivity contribution < 1.29 is 4.39 Å². The second kappa shape index (κ2) is 2.80. The first-order chi connectivity index (χ1) is 6.18. The van der Waals surface area contributed by atoms with Gasteiger partial charge in [0.25, 0.3) is 0 Å². The topological polar surface area (TPSA) is 12.9 Å². The maximum Gasteiger partial charge on any atom is 0.149 e. The smallest absolute Gasteiger partial charge is 0.149 e. The maximum absolute atomic E-state index is 13.3. The van der Waals surface area contributed by atoms with E-state index in [-0.39, 0.29) is 5.82 Å². The van der Waals surface area contributed by atoms with E-state index in [1.54, 1.807) is 6.07 Å². The van der Waals surface area contributed by atoms with Crippen LogP contribution in [0.2, 0.25) is 0 Å². The van der Waals surface area contributed by atoms with Crippen molar-refractivity contribution in [3.8, 4) is 0 Å². The zero-order valence-corrected chi connectivity index (χ0v) is 7.63. The molecule has 0 bridgehead atoms. The Balaban J connectivity index is 2.92. The SMILES string of the molecule is Cc1ccc2c(C)ccc(F)c2n1. The van der Waals surface area contributed by atoms with Crippen LogP contribution in [0.4, 0.5) is 4.39 Å². The number of aromatic nitrogens is 1. The zero-order valence-electron chi connectivity index (χ0n) is 7.63. The van der Waals surface area contributed by atoms with Gasteiger partial charge in [-0.05, 0) is 31.5 Å². The van der Waals surface area contributed by atoms with Crippen molar-refractivity contribution in [2.75, 3.05) is 0 Å². The summed E-state index contributed by atoms with van der Waals surface area (Å²) in [6, 6.07) is 7.05. The lowest BCUT2D eigenvalue weighted by Gasteiger charge is -2.02. The van der Waals surface area contributed by atoms with Crippen LogP contribution in [0.3, 0.4) is 0 Å². The molecular formula is C11H10FN. The van der Waals surface area contributed by atoms with E-state index in [0.29, 0.717) is 5.52 Å². The van der Waals surface area contributed by atoms with Gasteiger partial charge in [-0.25, -0.2) is 4.39 Å². The molecular weight excluding hydrogens is 165 g/mol. The second-order valence-corrected chi connectivity index (χ2v) is 3.21. The van der Waals surface area contributed by atoms with Crippen LogP contribution in [-0.4, -0.2) is 4.98 Å². The van der Waals surface area contributed by atoms with E-state index < -0.39 is 0 Å². The van der Waals surface area contributed by atoms with Crippen LogP contribution in [0.5, 0.6) is 0 Å². The zero-order chi connectivity index (χ0) is 9.42. The van der Waals surface area contributed by atoms with Crippen LogP contribution in [0, 0.1) is 19.7 Å². The number of aryl methyl sites for hydroxylation is 2. The lowest BCUT2D eigenvalue weighted by molar-refractivity contribution is 0.636. The van der Waals surface area contributed by atoms with Gasteiger partial charge in [0.15, 0.2) is 0 Å². The highest BCUT2D eigenvalue weighted by Gasteiger charge is 2.03. The monoisotopic (exact) mass is 175 g/mol. The van der Waals surface area contributed by atoms with Crippen LogP contribution in [0.25, 0.3) is 10.9 Å². The Morgan fingerprint density at radius 3 is 2.62 bits per heavy atom. The summed E-state index contributed by atoms with van der Waals surface area (Å²) in [6.07, 6.45) is 0. The van der Waals surface area contributed by atoms with Crippen molar-refractivity contribution in [2.45, 2.75) is 13.8 Å². The van der Waals surface area contributed by atoms with E-state index in [1.165, 1.54) is 6.07 Å². The molecule has 0 amide bonds. The summed E-state index contributed by atoms with van der Waals surface area (Å²) in [5.41, 5.74) is 2.38. The molecule has 66 valence electrons. The van der Waals surface area contributed by atoms with Crippen molar-refractivity contribution in [1.29, 1.82) is 0 Å². The molecule has 0 aliphatic heterocycles. The number of rotatable bonds is 0. The van der Waals surface area contributed by atoms with Crippen molar-refractivity contribution in [1.82, 2.24) is 4.98 Å². The number of hydrogen-bond donors (Lipinski definition) is 0. The van der Waals surface area contributed by atoms with Gasteiger partial charge in [0.2, 0.25) is 0 Å². The first kappa shape index (κ1) is 8.17. The minimum Gasteiger partial charge on any atom is -0.250 e. The molecule has 2 heteroatoms. The molecule has 13 heavy (non-hydrogen) atoms. The minimum absolute atomic E-state index is 0.246. The van der Waals surface area contributed by atoms with Gasteiger partial charge >= 0.3 is 0 Å². The highest BCUT2D eigenvalue weighted by Crippen LogP contribution is 2.19. The number of pyridine rings is 1. The van der Waals surface area contributed by atoms with Gasteiger partial charge in [-0.1, -0.05) is 12.1 Å². The summed E-state index contributed by atoms with van der Waals surface area (Å²) >= 11 is 0. The Morgan fingerprint density at radius 2 is 1.85 bits per heavy atom. The van der Waals surface area contributed by atoms with Gasteiger partial charge in [0, 0.05) is 11.1 Å². The summed E-state index contributed by atoms with van der Waals surface area (Å²) in [6.45, 7) is 3.82. The summed E-state index contributed by atoms with van der Waals surface area (Å²) in [7, 11) is 0. The first-order valence-electron chi connectivity index (χ1n) is 4.21. The molecule has 0 atom stereocenters. The van der Waals surface area contributed by atoms with Gasteiger partial charge in [-0.15, -0.1) is 0 Å². The molecule has 1 aromatic carbocycles. The van der Waals surface area contributed by atoms with Gasteiger partial charge in [0.1, 0.15) is 11.3 Å². The molecule has 0 aliphatic rings. The molecule has 1 heterocycles. The number of halogens is 1. The molecule has 0 fully saturated rings. The largest absolute Gasteiger partial charge is 0.250 e. The van der Waals surface area contributed by atoms with Gasteiger partial charge in [-0.2, -0.15) is 0 Å². The number of nitrogens with zero attached hydrogens (tertiary/aromatic N) is 1. The lowest BCUT2D eigenvalue weighted by Crippen LogP contribution is -1.89. The Bertz CT molecular complexity index is 463. The Hall–Kier alpha value is -1.44. The fourth-order valence-corrected chi connectivity index (χ4v) is 1.42. The second-order valence-electron chi connectivity index (χ2n) is 3.21. The summed E-state index contributed by atoms with van der Waals surface area (Å²) in [5.74, 6) is -0.246. The maximum atomic E-state index is 13.3. The molecule has 2 aromatic rings. The van der Waals surface area contributed by atoms with Crippen LogP contribution in [0.1, 0.15) is 11.3 Å². The average molecular weight is 175 g/mol. The molecule has 0 radical (unpaired) electrons. The van der Waals surface area contributed by atoms with Crippen molar-refractivity contribution in [3.05, 3.63) is 41.3 Å². The molecule has 0 spiro atoms. The average Bonchev–Trinajstić information content (AvgIpc) is 2.12. The lowest BCUT2D eigenvalue weighted by atomic mass is 10.1. The van der Waals surface area contributed by atoms with Crippen LogP contribution in [-0.2, 0) is 0 Å². The summed E-state index contributed by atoms with van der Waals surface area (Å²) < 4.78 is 13.3. The number of benzene rings is 1.